The minimum atomic E-state index is -4.64. The van der Waals surface area contributed by atoms with E-state index in [0.717, 1.165) is 5.51 Å². The van der Waals surface area contributed by atoms with Gasteiger partial charge >= 0.3 is 6.18 Å². The van der Waals surface area contributed by atoms with Crippen LogP contribution in [0.3, 0.4) is 0 Å². The number of nitrogens with zero attached hydrogens (tertiary/aromatic N) is 2. The second-order valence-corrected chi connectivity index (χ2v) is 5.35. The van der Waals surface area contributed by atoms with Crippen LogP contribution in [-0.2, 0) is 11.0 Å². The number of amides is 2. The molecule has 5 nitrogen and oxygen atoms in total. The lowest BCUT2D eigenvalue weighted by Gasteiger charge is -2.30. The highest BCUT2D eigenvalue weighted by molar-refractivity contribution is 7.11. The summed E-state index contributed by atoms with van der Waals surface area (Å²) in [7, 11) is 0. The van der Waals surface area contributed by atoms with Gasteiger partial charge in [-0.25, -0.2) is 4.98 Å². The summed E-state index contributed by atoms with van der Waals surface area (Å²) in [5.41, 5.74) is 5.02. The third-order valence-electron chi connectivity index (χ3n) is 3.21. The fourth-order valence-corrected chi connectivity index (χ4v) is 2.88. The van der Waals surface area contributed by atoms with Crippen molar-refractivity contribution in [1.82, 2.24) is 9.88 Å². The first-order chi connectivity index (χ1) is 9.30. The molecule has 1 fully saturated rings. The molecular formula is C11H12F3N3O2S. The van der Waals surface area contributed by atoms with Crippen LogP contribution in [0.1, 0.15) is 28.2 Å². The molecule has 1 aliphatic heterocycles. The smallest absolute Gasteiger partial charge is 0.369 e. The molecule has 0 aliphatic carbocycles. The van der Waals surface area contributed by atoms with Gasteiger partial charge in [0.25, 0.3) is 5.91 Å². The van der Waals surface area contributed by atoms with Crippen molar-refractivity contribution in [3.63, 3.8) is 0 Å². The Morgan fingerprint density at radius 2 is 1.95 bits per heavy atom. The van der Waals surface area contributed by atoms with Gasteiger partial charge in [0.1, 0.15) is 4.88 Å². The van der Waals surface area contributed by atoms with Crippen molar-refractivity contribution >= 4 is 23.2 Å². The lowest BCUT2D eigenvalue weighted by molar-refractivity contribution is -0.141. The van der Waals surface area contributed by atoms with Gasteiger partial charge in [0.2, 0.25) is 5.91 Å². The third-order valence-corrected chi connectivity index (χ3v) is 4.03. The molecule has 2 rings (SSSR count). The van der Waals surface area contributed by atoms with E-state index in [1.54, 1.807) is 0 Å². The van der Waals surface area contributed by atoms with E-state index in [1.165, 1.54) is 4.90 Å². The number of alkyl halides is 3. The van der Waals surface area contributed by atoms with Crippen molar-refractivity contribution in [3.05, 3.63) is 16.1 Å². The molecule has 2 N–H and O–H groups in total. The van der Waals surface area contributed by atoms with Crippen LogP contribution in [-0.4, -0.2) is 34.8 Å². The maximum Gasteiger partial charge on any atom is 0.434 e. The number of halogens is 3. The van der Waals surface area contributed by atoms with Crippen LogP contribution in [0.4, 0.5) is 13.2 Å². The third kappa shape index (κ3) is 2.92. The number of nitrogens with two attached hydrogens (primary N) is 1. The molecule has 0 spiro atoms. The van der Waals surface area contributed by atoms with Gasteiger partial charge in [0.15, 0.2) is 5.69 Å². The number of aromatic nitrogens is 1. The van der Waals surface area contributed by atoms with Gasteiger partial charge in [-0.05, 0) is 12.8 Å². The van der Waals surface area contributed by atoms with Crippen molar-refractivity contribution in [2.75, 3.05) is 13.1 Å². The summed E-state index contributed by atoms with van der Waals surface area (Å²) in [6.45, 7) is 0.448. The van der Waals surface area contributed by atoms with E-state index in [4.69, 9.17) is 5.73 Å². The fourth-order valence-electron chi connectivity index (χ4n) is 2.11. The molecule has 0 atom stereocenters. The van der Waals surface area contributed by atoms with Crippen molar-refractivity contribution in [1.29, 1.82) is 0 Å². The van der Waals surface area contributed by atoms with Crippen molar-refractivity contribution in [2.24, 2.45) is 11.7 Å². The predicted octanol–water partition coefficient (Wildman–Crippen LogP) is 1.50. The highest BCUT2D eigenvalue weighted by Crippen LogP contribution is 2.33. The Kier molecular flexibility index (Phi) is 3.98. The predicted molar refractivity (Wildman–Crippen MR) is 64.9 cm³/mol. The van der Waals surface area contributed by atoms with E-state index < -0.39 is 28.6 Å². The van der Waals surface area contributed by atoms with Crippen LogP contribution < -0.4 is 5.73 Å². The van der Waals surface area contributed by atoms with Crippen LogP contribution in [0.15, 0.2) is 5.51 Å². The van der Waals surface area contributed by atoms with Crippen molar-refractivity contribution in [2.45, 2.75) is 19.0 Å². The zero-order valence-electron chi connectivity index (χ0n) is 10.3. The Balaban J connectivity index is 2.10. The second-order valence-electron chi connectivity index (χ2n) is 4.50. The summed E-state index contributed by atoms with van der Waals surface area (Å²) in [6.07, 6.45) is -3.89. The van der Waals surface area contributed by atoms with E-state index in [0.29, 0.717) is 24.2 Å². The van der Waals surface area contributed by atoms with E-state index in [2.05, 4.69) is 4.98 Å². The standard InChI is InChI=1S/C11H12F3N3O2S/c12-11(13,14)8-7(20-5-16-8)10(19)17-3-1-6(2-4-17)9(15)18/h5-6H,1-4H2,(H2,15,18). The van der Waals surface area contributed by atoms with Gasteiger partial charge in [-0.15, -0.1) is 11.3 Å². The van der Waals surface area contributed by atoms with E-state index >= 15 is 0 Å². The molecule has 0 unspecified atom stereocenters. The molecule has 1 aliphatic rings. The number of hydrogen-bond acceptors (Lipinski definition) is 4. The normalized spacial score (nSPS) is 17.2. The van der Waals surface area contributed by atoms with E-state index in [9.17, 15) is 22.8 Å². The molecule has 1 aromatic rings. The number of hydrogen-bond donors (Lipinski definition) is 1. The van der Waals surface area contributed by atoms with Crippen LogP contribution in [0.5, 0.6) is 0 Å². The fraction of sp³-hybridized carbons (Fsp3) is 0.545. The van der Waals surface area contributed by atoms with Crippen LogP contribution >= 0.6 is 11.3 Å². The topological polar surface area (TPSA) is 76.3 Å². The molecule has 0 radical (unpaired) electrons. The monoisotopic (exact) mass is 307 g/mol. The molecule has 2 heterocycles. The average Bonchev–Trinajstić information content (AvgIpc) is 2.87. The Hall–Kier alpha value is -1.64. The molecule has 0 saturated carbocycles. The number of thiazole rings is 1. The molecular weight excluding hydrogens is 295 g/mol. The largest absolute Gasteiger partial charge is 0.434 e. The number of carbonyl (C=O) groups is 2. The Morgan fingerprint density at radius 3 is 2.45 bits per heavy atom. The molecule has 110 valence electrons. The maximum atomic E-state index is 12.7. The second kappa shape index (κ2) is 5.39. The number of rotatable bonds is 2. The Morgan fingerprint density at radius 1 is 1.35 bits per heavy atom. The minimum absolute atomic E-state index is 0.224. The maximum absolute atomic E-state index is 12.7. The zero-order valence-corrected chi connectivity index (χ0v) is 11.1. The lowest BCUT2D eigenvalue weighted by atomic mass is 9.96. The summed E-state index contributed by atoms with van der Waals surface area (Å²) >= 11 is 0.671. The molecule has 0 aromatic carbocycles. The number of primary amides is 1. The lowest BCUT2D eigenvalue weighted by Crippen LogP contribution is -2.42. The Labute approximate surface area is 116 Å². The van der Waals surface area contributed by atoms with Crippen molar-refractivity contribution in [3.8, 4) is 0 Å². The minimum Gasteiger partial charge on any atom is -0.369 e. The van der Waals surface area contributed by atoms with Crippen LogP contribution in [0, 0.1) is 5.92 Å². The summed E-state index contributed by atoms with van der Waals surface area (Å²) in [4.78, 5) is 27.2. The first-order valence-electron chi connectivity index (χ1n) is 5.90. The summed E-state index contributed by atoms with van der Waals surface area (Å²) in [6, 6.07) is 0. The van der Waals surface area contributed by atoms with Crippen LogP contribution in [0.2, 0.25) is 0 Å². The van der Waals surface area contributed by atoms with Gasteiger partial charge in [0, 0.05) is 19.0 Å². The summed E-state index contributed by atoms with van der Waals surface area (Å²) in [5, 5.41) is 0. The first kappa shape index (κ1) is 14.8. The molecule has 9 heteroatoms. The Bertz CT molecular complexity index is 521. The number of carbonyl (C=O) groups excluding carboxylic acids is 2. The summed E-state index contributed by atoms with van der Waals surface area (Å²) < 4.78 is 38.1. The zero-order chi connectivity index (χ0) is 14.9. The van der Waals surface area contributed by atoms with Gasteiger partial charge in [-0.1, -0.05) is 0 Å². The van der Waals surface area contributed by atoms with Gasteiger partial charge in [0.05, 0.1) is 5.51 Å². The van der Waals surface area contributed by atoms with Crippen LogP contribution in [0.25, 0.3) is 0 Å². The number of likely N-dealkylation sites (tertiary alicyclic amines) is 1. The quantitative estimate of drug-likeness (QED) is 0.899. The van der Waals surface area contributed by atoms with Crippen molar-refractivity contribution < 1.29 is 22.8 Å². The molecule has 0 bridgehead atoms. The first-order valence-corrected chi connectivity index (χ1v) is 6.78. The van der Waals surface area contributed by atoms with Gasteiger partial charge in [-0.3, -0.25) is 9.59 Å². The highest BCUT2D eigenvalue weighted by atomic mass is 32.1. The summed E-state index contributed by atoms with van der Waals surface area (Å²) in [5.74, 6) is -1.45. The molecule has 1 aromatic heterocycles. The van der Waals surface area contributed by atoms with E-state index in [1.807, 2.05) is 0 Å². The highest BCUT2D eigenvalue weighted by Gasteiger charge is 2.40. The molecule has 20 heavy (non-hydrogen) atoms. The van der Waals surface area contributed by atoms with E-state index in [-0.39, 0.29) is 19.0 Å². The van der Waals surface area contributed by atoms with Gasteiger partial charge in [-0.2, -0.15) is 13.2 Å². The average molecular weight is 307 g/mol. The molecule has 2 amide bonds. The SMILES string of the molecule is NC(=O)C1CCN(C(=O)c2scnc2C(F)(F)F)CC1. The van der Waals surface area contributed by atoms with Gasteiger partial charge < -0.3 is 10.6 Å². The number of piperidine rings is 1. The molecule has 1 saturated heterocycles.